The van der Waals surface area contributed by atoms with Crippen molar-refractivity contribution in [2.24, 2.45) is 0 Å². The van der Waals surface area contributed by atoms with Gasteiger partial charge in [-0.15, -0.1) is 0 Å². The summed E-state index contributed by atoms with van der Waals surface area (Å²) >= 11 is 0. The van der Waals surface area contributed by atoms with Crippen LogP contribution in [0.25, 0.3) is 0 Å². The normalized spacial score (nSPS) is 23.4. The second-order valence-electron chi connectivity index (χ2n) is 5.97. The molecule has 2 heterocycles. The number of para-hydroxylation sites is 1. The van der Waals surface area contributed by atoms with Crippen molar-refractivity contribution in [1.82, 2.24) is 9.80 Å². The first-order valence-electron chi connectivity index (χ1n) is 7.55. The van der Waals surface area contributed by atoms with Gasteiger partial charge in [-0.1, -0.05) is 12.1 Å². The lowest BCUT2D eigenvalue weighted by Gasteiger charge is -2.24. The van der Waals surface area contributed by atoms with Gasteiger partial charge < -0.3 is 10.6 Å². The molecule has 1 aromatic rings. The van der Waals surface area contributed by atoms with Gasteiger partial charge in [0.05, 0.1) is 5.56 Å². The number of nitrogens with two attached hydrogens (primary N) is 1. The zero-order valence-corrected chi connectivity index (χ0v) is 12.1. The molecule has 0 saturated carbocycles. The Balaban J connectivity index is 1.70. The van der Waals surface area contributed by atoms with Crippen LogP contribution in [0.15, 0.2) is 18.2 Å². The number of nitrogens with zero attached hydrogens (tertiary/aromatic N) is 2. The summed E-state index contributed by atoms with van der Waals surface area (Å²) < 4.78 is 0. The van der Waals surface area contributed by atoms with Crippen molar-refractivity contribution in [3.63, 3.8) is 0 Å². The molecule has 0 radical (unpaired) electrons. The molecular formula is C16H23N3O. The van der Waals surface area contributed by atoms with Gasteiger partial charge in [0.2, 0.25) is 0 Å². The summed E-state index contributed by atoms with van der Waals surface area (Å²) in [7, 11) is 0. The first-order chi connectivity index (χ1) is 9.66. The summed E-state index contributed by atoms with van der Waals surface area (Å²) in [6.07, 6.45) is 3.70. The Morgan fingerprint density at radius 3 is 2.75 bits per heavy atom. The summed E-state index contributed by atoms with van der Waals surface area (Å²) in [5, 5.41) is 0. The molecule has 2 fully saturated rings. The van der Waals surface area contributed by atoms with Crippen LogP contribution in [0, 0.1) is 6.92 Å². The van der Waals surface area contributed by atoms with Crippen LogP contribution < -0.4 is 5.73 Å². The fraction of sp³-hybridized carbons (Fsp3) is 0.562. The third-order valence-corrected chi connectivity index (χ3v) is 4.66. The van der Waals surface area contributed by atoms with Crippen molar-refractivity contribution in [1.29, 1.82) is 0 Å². The van der Waals surface area contributed by atoms with E-state index in [0.29, 0.717) is 17.3 Å². The van der Waals surface area contributed by atoms with Gasteiger partial charge in [0.15, 0.2) is 0 Å². The largest absolute Gasteiger partial charge is 0.398 e. The van der Waals surface area contributed by atoms with E-state index in [-0.39, 0.29) is 5.91 Å². The molecule has 2 saturated heterocycles. The highest BCUT2D eigenvalue weighted by Crippen LogP contribution is 2.24. The molecule has 108 valence electrons. The lowest BCUT2D eigenvalue weighted by Crippen LogP contribution is -2.37. The van der Waals surface area contributed by atoms with E-state index in [1.165, 1.54) is 25.9 Å². The van der Waals surface area contributed by atoms with E-state index in [1.54, 1.807) is 0 Å². The van der Waals surface area contributed by atoms with E-state index in [1.807, 2.05) is 30.0 Å². The molecule has 0 aliphatic carbocycles. The van der Waals surface area contributed by atoms with Crippen molar-refractivity contribution in [2.45, 2.75) is 32.2 Å². The maximum absolute atomic E-state index is 12.6. The second-order valence-corrected chi connectivity index (χ2v) is 5.97. The van der Waals surface area contributed by atoms with Gasteiger partial charge in [0, 0.05) is 24.8 Å². The smallest absolute Gasteiger partial charge is 0.256 e. The van der Waals surface area contributed by atoms with E-state index >= 15 is 0 Å². The number of carbonyl (C=O) groups is 1. The third-order valence-electron chi connectivity index (χ3n) is 4.66. The van der Waals surface area contributed by atoms with Crippen molar-refractivity contribution >= 4 is 11.6 Å². The molecule has 2 aliphatic heterocycles. The van der Waals surface area contributed by atoms with E-state index < -0.39 is 0 Å². The van der Waals surface area contributed by atoms with E-state index in [4.69, 9.17) is 5.73 Å². The minimum absolute atomic E-state index is 0.0906. The van der Waals surface area contributed by atoms with Gasteiger partial charge in [-0.05, 0) is 50.9 Å². The average molecular weight is 273 g/mol. The van der Waals surface area contributed by atoms with Crippen molar-refractivity contribution in [2.75, 3.05) is 31.9 Å². The van der Waals surface area contributed by atoms with Gasteiger partial charge in [0.1, 0.15) is 0 Å². The fourth-order valence-electron chi connectivity index (χ4n) is 3.37. The number of amides is 1. The number of nitrogen functional groups attached to an aromatic ring is 1. The highest BCUT2D eigenvalue weighted by molar-refractivity contribution is 5.99. The minimum Gasteiger partial charge on any atom is -0.398 e. The zero-order chi connectivity index (χ0) is 14.1. The number of hydrogen-bond donors (Lipinski definition) is 1. The maximum Gasteiger partial charge on any atom is 0.256 e. The standard InChI is InChI=1S/C16H23N3O/c1-12-5-4-6-14(15(12)17)16(20)19-10-7-13(11-19)18-8-2-3-9-18/h4-6,13H,2-3,7-11,17H2,1H3. The van der Waals surface area contributed by atoms with Crippen molar-refractivity contribution < 1.29 is 4.79 Å². The monoisotopic (exact) mass is 273 g/mol. The third kappa shape index (κ3) is 2.40. The molecule has 0 spiro atoms. The summed E-state index contributed by atoms with van der Waals surface area (Å²) in [4.78, 5) is 17.1. The van der Waals surface area contributed by atoms with E-state index in [9.17, 15) is 4.79 Å². The summed E-state index contributed by atoms with van der Waals surface area (Å²) in [5.41, 5.74) is 8.31. The summed E-state index contributed by atoms with van der Waals surface area (Å²) in [5.74, 6) is 0.0906. The summed E-state index contributed by atoms with van der Waals surface area (Å²) in [6.45, 7) is 6.04. The molecule has 3 rings (SSSR count). The SMILES string of the molecule is Cc1cccc(C(=O)N2CCC(N3CCCC3)C2)c1N. The Bertz CT molecular complexity index is 508. The molecule has 0 bridgehead atoms. The minimum atomic E-state index is 0.0906. The first-order valence-corrected chi connectivity index (χ1v) is 7.55. The molecule has 4 nitrogen and oxygen atoms in total. The van der Waals surface area contributed by atoms with E-state index in [0.717, 1.165) is 25.1 Å². The number of rotatable bonds is 2. The molecule has 20 heavy (non-hydrogen) atoms. The molecule has 0 aromatic heterocycles. The van der Waals surface area contributed by atoms with Crippen LogP contribution in [0.1, 0.15) is 35.2 Å². The molecule has 2 aliphatic rings. The number of anilines is 1. The fourth-order valence-corrected chi connectivity index (χ4v) is 3.37. The molecule has 1 aromatic carbocycles. The molecule has 1 amide bonds. The Morgan fingerprint density at radius 1 is 1.25 bits per heavy atom. The van der Waals surface area contributed by atoms with Crippen LogP contribution in [0.4, 0.5) is 5.69 Å². The number of carbonyl (C=O) groups excluding carboxylic acids is 1. The zero-order valence-electron chi connectivity index (χ0n) is 12.1. The van der Waals surface area contributed by atoms with Crippen LogP contribution in [-0.2, 0) is 0 Å². The molecule has 4 heteroatoms. The quantitative estimate of drug-likeness (QED) is 0.837. The second kappa shape index (κ2) is 5.44. The number of aryl methyl sites for hydroxylation is 1. The van der Waals surface area contributed by atoms with Crippen LogP contribution in [0.2, 0.25) is 0 Å². The summed E-state index contributed by atoms with van der Waals surface area (Å²) in [6, 6.07) is 6.25. The number of benzene rings is 1. The predicted octanol–water partition coefficient (Wildman–Crippen LogP) is 1.89. The van der Waals surface area contributed by atoms with Gasteiger partial charge in [0.25, 0.3) is 5.91 Å². The van der Waals surface area contributed by atoms with Gasteiger partial charge >= 0.3 is 0 Å². The van der Waals surface area contributed by atoms with E-state index in [2.05, 4.69) is 4.90 Å². The molecular weight excluding hydrogens is 250 g/mol. The van der Waals surface area contributed by atoms with Gasteiger partial charge in [-0.25, -0.2) is 0 Å². The number of likely N-dealkylation sites (tertiary alicyclic amines) is 2. The lowest BCUT2D eigenvalue weighted by atomic mass is 10.1. The van der Waals surface area contributed by atoms with Crippen LogP contribution in [0.3, 0.4) is 0 Å². The Morgan fingerprint density at radius 2 is 2.00 bits per heavy atom. The predicted molar refractivity (Wildman–Crippen MR) is 80.7 cm³/mol. The highest BCUT2D eigenvalue weighted by atomic mass is 16.2. The highest BCUT2D eigenvalue weighted by Gasteiger charge is 2.32. The molecule has 1 atom stereocenters. The Hall–Kier alpha value is -1.55. The van der Waals surface area contributed by atoms with Gasteiger partial charge in [-0.3, -0.25) is 9.69 Å². The van der Waals surface area contributed by atoms with Crippen LogP contribution in [0.5, 0.6) is 0 Å². The Labute approximate surface area is 120 Å². The molecule has 2 N–H and O–H groups in total. The topological polar surface area (TPSA) is 49.6 Å². The maximum atomic E-state index is 12.6. The Kier molecular flexibility index (Phi) is 3.66. The van der Waals surface area contributed by atoms with Crippen LogP contribution >= 0.6 is 0 Å². The lowest BCUT2D eigenvalue weighted by molar-refractivity contribution is 0.0781. The van der Waals surface area contributed by atoms with Gasteiger partial charge in [-0.2, -0.15) is 0 Å². The average Bonchev–Trinajstić information content (AvgIpc) is 3.11. The van der Waals surface area contributed by atoms with Crippen molar-refractivity contribution in [3.8, 4) is 0 Å². The molecule has 1 unspecified atom stereocenters. The first kappa shape index (κ1) is 13.4. The van der Waals surface area contributed by atoms with Crippen LogP contribution in [-0.4, -0.2) is 47.9 Å². The number of hydrogen-bond acceptors (Lipinski definition) is 3. The van der Waals surface area contributed by atoms with Crippen molar-refractivity contribution in [3.05, 3.63) is 29.3 Å².